The van der Waals surface area contributed by atoms with Crippen LogP contribution < -0.4 is 5.73 Å². The summed E-state index contributed by atoms with van der Waals surface area (Å²) in [6, 6.07) is -0.169. The summed E-state index contributed by atoms with van der Waals surface area (Å²) in [6.45, 7) is 7.46. The Hall–Kier alpha value is -0.200. The zero-order valence-electron chi connectivity index (χ0n) is 11.4. The molecule has 0 aliphatic rings. The van der Waals surface area contributed by atoms with E-state index in [1.165, 1.54) is 0 Å². The highest BCUT2D eigenvalue weighted by Gasteiger charge is 2.20. The molecule has 0 aromatic heterocycles. The Balaban J connectivity index is 3.77. The van der Waals surface area contributed by atoms with Crippen LogP contribution in [0.4, 0.5) is 0 Å². The highest BCUT2D eigenvalue weighted by Crippen LogP contribution is 2.14. The van der Waals surface area contributed by atoms with E-state index < -0.39 is 0 Å². The van der Waals surface area contributed by atoms with Crippen LogP contribution in [0.5, 0.6) is 0 Å². The second-order valence-corrected chi connectivity index (χ2v) is 4.80. The molecule has 0 aromatic rings. The predicted octanol–water partition coefficient (Wildman–Crippen LogP) is 0.543. The molecule has 2 atom stereocenters. The highest BCUT2D eigenvalue weighted by atomic mass is 16.5. The van der Waals surface area contributed by atoms with Crippen LogP contribution in [0.1, 0.15) is 27.2 Å². The van der Waals surface area contributed by atoms with Gasteiger partial charge in [0, 0.05) is 19.8 Å². The first kappa shape index (κ1) is 16.8. The summed E-state index contributed by atoms with van der Waals surface area (Å²) in [7, 11) is 1.65. The molecule has 17 heavy (non-hydrogen) atoms. The maximum atomic E-state index is 9.05. The molecule has 0 saturated heterocycles. The standard InChI is InChI=1S/C12H27NO4/c1-10(13)11(9-14)16-6-5-12(2,3)17-8-7-15-4/h10-11,14H,5-9,13H2,1-4H3. The van der Waals surface area contributed by atoms with Gasteiger partial charge in [0.25, 0.3) is 0 Å². The van der Waals surface area contributed by atoms with Crippen molar-refractivity contribution in [2.24, 2.45) is 5.73 Å². The molecule has 0 aromatic carbocycles. The molecule has 2 unspecified atom stereocenters. The number of ether oxygens (including phenoxy) is 3. The summed E-state index contributed by atoms with van der Waals surface area (Å²) in [5.41, 5.74) is 5.41. The highest BCUT2D eigenvalue weighted by molar-refractivity contribution is 4.71. The van der Waals surface area contributed by atoms with Gasteiger partial charge in [0.15, 0.2) is 0 Å². The van der Waals surface area contributed by atoms with Gasteiger partial charge in [-0.25, -0.2) is 0 Å². The third-order valence-electron chi connectivity index (χ3n) is 2.58. The summed E-state index contributed by atoms with van der Waals surface area (Å²) >= 11 is 0. The first-order valence-corrected chi connectivity index (χ1v) is 6.04. The molecule has 0 radical (unpaired) electrons. The fourth-order valence-corrected chi connectivity index (χ4v) is 1.30. The minimum Gasteiger partial charge on any atom is -0.394 e. The minimum atomic E-state index is -0.301. The molecule has 5 nitrogen and oxygen atoms in total. The lowest BCUT2D eigenvalue weighted by Gasteiger charge is -2.27. The molecule has 0 saturated carbocycles. The Labute approximate surface area is 104 Å². The minimum absolute atomic E-state index is 0.0529. The fraction of sp³-hybridized carbons (Fsp3) is 1.00. The fourth-order valence-electron chi connectivity index (χ4n) is 1.30. The van der Waals surface area contributed by atoms with E-state index in [-0.39, 0.29) is 24.4 Å². The summed E-state index contributed by atoms with van der Waals surface area (Å²) in [5.74, 6) is 0. The van der Waals surface area contributed by atoms with Crippen molar-refractivity contribution in [1.29, 1.82) is 0 Å². The molecule has 0 aliphatic carbocycles. The van der Waals surface area contributed by atoms with E-state index in [9.17, 15) is 0 Å². The molecule has 0 spiro atoms. The molecular weight excluding hydrogens is 222 g/mol. The Bertz CT molecular complexity index is 185. The summed E-state index contributed by atoms with van der Waals surface area (Å²) < 4.78 is 16.1. The molecule has 0 fully saturated rings. The number of aliphatic hydroxyl groups excluding tert-OH is 1. The number of aliphatic hydroxyl groups is 1. The van der Waals surface area contributed by atoms with Crippen molar-refractivity contribution in [3.63, 3.8) is 0 Å². The summed E-state index contributed by atoms with van der Waals surface area (Å²) in [4.78, 5) is 0. The van der Waals surface area contributed by atoms with Crippen LogP contribution in [0.25, 0.3) is 0 Å². The molecule has 0 rings (SSSR count). The zero-order valence-corrected chi connectivity index (χ0v) is 11.4. The smallest absolute Gasteiger partial charge is 0.0953 e. The van der Waals surface area contributed by atoms with Gasteiger partial charge < -0.3 is 25.1 Å². The van der Waals surface area contributed by atoms with Gasteiger partial charge in [-0.05, 0) is 27.2 Å². The van der Waals surface area contributed by atoms with Crippen molar-refractivity contribution >= 4 is 0 Å². The summed E-state index contributed by atoms with van der Waals surface area (Å²) in [5, 5.41) is 9.05. The van der Waals surface area contributed by atoms with Crippen molar-refractivity contribution < 1.29 is 19.3 Å². The van der Waals surface area contributed by atoms with E-state index in [1.54, 1.807) is 7.11 Å². The number of nitrogens with two attached hydrogens (primary N) is 1. The molecule has 0 amide bonds. The largest absolute Gasteiger partial charge is 0.394 e. The maximum absolute atomic E-state index is 9.05. The van der Waals surface area contributed by atoms with Crippen molar-refractivity contribution in [3.05, 3.63) is 0 Å². The Morgan fingerprint density at radius 2 is 1.88 bits per heavy atom. The first-order valence-electron chi connectivity index (χ1n) is 6.04. The molecule has 0 heterocycles. The summed E-state index contributed by atoms with van der Waals surface area (Å²) in [6.07, 6.45) is 0.449. The van der Waals surface area contributed by atoms with Gasteiger partial charge in [-0.1, -0.05) is 0 Å². The van der Waals surface area contributed by atoms with Crippen molar-refractivity contribution in [3.8, 4) is 0 Å². The van der Waals surface area contributed by atoms with Crippen molar-refractivity contribution in [2.45, 2.75) is 44.9 Å². The quantitative estimate of drug-likeness (QED) is 0.553. The van der Waals surface area contributed by atoms with E-state index in [0.717, 1.165) is 6.42 Å². The van der Waals surface area contributed by atoms with Gasteiger partial charge in [-0.15, -0.1) is 0 Å². The van der Waals surface area contributed by atoms with Gasteiger partial charge in [0.1, 0.15) is 0 Å². The van der Waals surface area contributed by atoms with Crippen LogP contribution in [0.3, 0.4) is 0 Å². The van der Waals surface area contributed by atoms with Crippen LogP contribution in [-0.2, 0) is 14.2 Å². The molecule has 3 N–H and O–H groups in total. The van der Waals surface area contributed by atoms with Crippen LogP contribution in [0.2, 0.25) is 0 Å². The second-order valence-electron chi connectivity index (χ2n) is 4.80. The van der Waals surface area contributed by atoms with Crippen molar-refractivity contribution in [2.75, 3.05) is 33.5 Å². The van der Waals surface area contributed by atoms with Gasteiger partial charge >= 0.3 is 0 Å². The lowest BCUT2D eigenvalue weighted by molar-refractivity contribution is -0.0719. The third-order valence-corrected chi connectivity index (χ3v) is 2.58. The number of methoxy groups -OCH3 is 1. The van der Waals surface area contributed by atoms with E-state index in [0.29, 0.717) is 19.8 Å². The molecule has 0 aliphatic heterocycles. The second kappa shape index (κ2) is 8.83. The van der Waals surface area contributed by atoms with Gasteiger partial charge in [-0.3, -0.25) is 0 Å². The van der Waals surface area contributed by atoms with Crippen LogP contribution in [0.15, 0.2) is 0 Å². The Morgan fingerprint density at radius 3 is 2.35 bits per heavy atom. The van der Waals surface area contributed by atoms with Gasteiger partial charge in [0.05, 0.1) is 31.5 Å². The van der Waals surface area contributed by atoms with Crippen LogP contribution >= 0.6 is 0 Å². The molecule has 104 valence electrons. The van der Waals surface area contributed by atoms with Crippen LogP contribution in [0, 0.1) is 0 Å². The van der Waals surface area contributed by atoms with E-state index in [2.05, 4.69) is 0 Å². The Kier molecular flexibility index (Phi) is 8.72. The van der Waals surface area contributed by atoms with Gasteiger partial charge in [0.2, 0.25) is 0 Å². The molecule has 0 bridgehead atoms. The van der Waals surface area contributed by atoms with Crippen LogP contribution in [-0.4, -0.2) is 56.4 Å². The predicted molar refractivity (Wildman–Crippen MR) is 67.0 cm³/mol. The maximum Gasteiger partial charge on any atom is 0.0953 e. The molecule has 5 heteroatoms. The first-order chi connectivity index (χ1) is 7.93. The Morgan fingerprint density at radius 1 is 1.24 bits per heavy atom. The monoisotopic (exact) mass is 249 g/mol. The third kappa shape index (κ3) is 8.51. The van der Waals surface area contributed by atoms with Crippen molar-refractivity contribution in [1.82, 2.24) is 0 Å². The number of rotatable bonds is 10. The number of hydrogen-bond donors (Lipinski definition) is 2. The lowest BCUT2D eigenvalue weighted by atomic mass is 10.1. The van der Waals surface area contributed by atoms with E-state index in [4.69, 9.17) is 25.1 Å². The van der Waals surface area contributed by atoms with Gasteiger partial charge in [-0.2, -0.15) is 0 Å². The SMILES string of the molecule is COCCOC(C)(C)CCOC(CO)C(C)N. The average Bonchev–Trinajstić information content (AvgIpc) is 2.24. The van der Waals surface area contributed by atoms with E-state index in [1.807, 2.05) is 20.8 Å². The average molecular weight is 249 g/mol. The lowest BCUT2D eigenvalue weighted by Crippen LogP contribution is -2.38. The van der Waals surface area contributed by atoms with E-state index >= 15 is 0 Å². The number of hydrogen-bond acceptors (Lipinski definition) is 5. The zero-order chi connectivity index (χ0) is 13.3. The topological polar surface area (TPSA) is 73.9 Å². The molecular formula is C12H27NO4. The normalized spacial score (nSPS) is 15.9.